The standard InChI is InChI=1S/C20H21Cl2NO6/c1-11(14-6-5-13(21)9-15(14)22)23-18(24)10-29-20(25)12-7-16(26-2)19(28-4)17(8-12)27-3/h5-9,11H,10H2,1-4H3,(H,23,24)/t11-/m0/s1. The van der Waals surface area contributed by atoms with E-state index in [1.54, 1.807) is 25.1 Å². The lowest BCUT2D eigenvalue weighted by Gasteiger charge is -2.16. The molecule has 9 heteroatoms. The zero-order valence-electron chi connectivity index (χ0n) is 16.4. The molecule has 1 atom stereocenters. The number of esters is 1. The Bertz CT molecular complexity index is 878. The number of hydrogen-bond acceptors (Lipinski definition) is 6. The maximum atomic E-state index is 12.3. The van der Waals surface area contributed by atoms with E-state index in [-0.39, 0.29) is 5.56 Å². The highest BCUT2D eigenvalue weighted by Gasteiger charge is 2.19. The highest BCUT2D eigenvalue weighted by molar-refractivity contribution is 6.35. The van der Waals surface area contributed by atoms with Gasteiger partial charge in [-0.3, -0.25) is 4.79 Å². The van der Waals surface area contributed by atoms with E-state index < -0.39 is 24.5 Å². The highest BCUT2D eigenvalue weighted by Crippen LogP contribution is 2.38. The van der Waals surface area contributed by atoms with Gasteiger partial charge in [0.05, 0.1) is 32.9 Å². The Balaban J connectivity index is 2.02. The Morgan fingerprint density at radius 1 is 1.00 bits per heavy atom. The van der Waals surface area contributed by atoms with Gasteiger partial charge in [-0.15, -0.1) is 0 Å². The molecule has 0 fully saturated rings. The Hall–Kier alpha value is -2.64. The lowest BCUT2D eigenvalue weighted by atomic mass is 10.1. The molecule has 0 aliphatic rings. The SMILES string of the molecule is COc1cc(C(=O)OCC(=O)N[C@@H](C)c2ccc(Cl)cc2Cl)cc(OC)c1OC. The number of carbonyl (C=O) groups is 2. The van der Waals surface area contributed by atoms with Gasteiger partial charge in [0.2, 0.25) is 5.75 Å². The number of halogens is 2. The Kier molecular flexibility index (Phi) is 7.99. The molecule has 2 rings (SSSR count). The van der Waals surface area contributed by atoms with Crippen molar-refractivity contribution in [3.05, 3.63) is 51.5 Å². The summed E-state index contributed by atoms with van der Waals surface area (Å²) >= 11 is 12.0. The first-order chi connectivity index (χ1) is 13.8. The van der Waals surface area contributed by atoms with Gasteiger partial charge < -0.3 is 24.3 Å². The van der Waals surface area contributed by atoms with Crippen LogP contribution in [-0.4, -0.2) is 39.8 Å². The van der Waals surface area contributed by atoms with Gasteiger partial charge in [0.25, 0.3) is 5.91 Å². The maximum Gasteiger partial charge on any atom is 0.338 e. The fraction of sp³-hybridized carbons (Fsp3) is 0.300. The summed E-state index contributed by atoms with van der Waals surface area (Å²) in [4.78, 5) is 24.5. The maximum absolute atomic E-state index is 12.3. The summed E-state index contributed by atoms with van der Waals surface area (Å²) in [6, 6.07) is 7.47. The van der Waals surface area contributed by atoms with Crippen LogP contribution in [0.15, 0.2) is 30.3 Å². The zero-order chi connectivity index (χ0) is 21.6. The lowest BCUT2D eigenvalue weighted by molar-refractivity contribution is -0.124. The van der Waals surface area contributed by atoms with Gasteiger partial charge in [-0.25, -0.2) is 4.79 Å². The molecule has 0 aromatic heterocycles. The van der Waals surface area contributed by atoms with Crippen LogP contribution < -0.4 is 19.5 Å². The van der Waals surface area contributed by atoms with E-state index in [1.165, 1.54) is 33.5 Å². The molecular weight excluding hydrogens is 421 g/mol. The van der Waals surface area contributed by atoms with Crippen LogP contribution >= 0.6 is 23.2 Å². The second-order valence-electron chi connectivity index (χ2n) is 5.95. The molecule has 1 amide bonds. The van der Waals surface area contributed by atoms with E-state index >= 15 is 0 Å². The van der Waals surface area contributed by atoms with E-state index in [4.69, 9.17) is 42.1 Å². The Morgan fingerprint density at radius 3 is 2.14 bits per heavy atom. The number of nitrogens with one attached hydrogen (secondary N) is 1. The zero-order valence-corrected chi connectivity index (χ0v) is 17.9. The molecule has 1 N–H and O–H groups in total. The Labute approximate surface area is 178 Å². The average Bonchev–Trinajstić information content (AvgIpc) is 2.70. The van der Waals surface area contributed by atoms with Crippen molar-refractivity contribution in [2.24, 2.45) is 0 Å². The van der Waals surface area contributed by atoms with Crippen molar-refractivity contribution >= 4 is 35.1 Å². The number of methoxy groups -OCH3 is 3. The molecule has 156 valence electrons. The summed E-state index contributed by atoms with van der Waals surface area (Å²) < 4.78 is 20.7. The van der Waals surface area contributed by atoms with Gasteiger partial charge in [0, 0.05) is 10.0 Å². The van der Waals surface area contributed by atoms with Gasteiger partial charge in [0.15, 0.2) is 18.1 Å². The van der Waals surface area contributed by atoms with Crippen LogP contribution in [0.2, 0.25) is 10.0 Å². The molecule has 0 spiro atoms. The van der Waals surface area contributed by atoms with Gasteiger partial charge >= 0.3 is 5.97 Å². The molecule has 2 aromatic rings. The highest BCUT2D eigenvalue weighted by atomic mass is 35.5. The quantitative estimate of drug-likeness (QED) is 0.621. The molecule has 0 unspecified atom stereocenters. The van der Waals surface area contributed by atoms with Gasteiger partial charge in [-0.2, -0.15) is 0 Å². The summed E-state index contributed by atoms with van der Waals surface area (Å²) in [7, 11) is 4.32. The van der Waals surface area contributed by atoms with E-state index in [0.29, 0.717) is 32.9 Å². The van der Waals surface area contributed by atoms with Gasteiger partial charge in [-0.05, 0) is 36.8 Å². The minimum absolute atomic E-state index is 0.154. The first-order valence-corrected chi connectivity index (χ1v) is 9.27. The average molecular weight is 442 g/mol. The smallest absolute Gasteiger partial charge is 0.338 e. The fourth-order valence-electron chi connectivity index (χ4n) is 2.63. The van der Waals surface area contributed by atoms with Crippen LogP contribution in [0.1, 0.15) is 28.9 Å². The molecule has 0 bridgehead atoms. The van der Waals surface area contributed by atoms with Crippen molar-refractivity contribution in [1.82, 2.24) is 5.32 Å². The van der Waals surface area contributed by atoms with E-state index in [0.717, 1.165) is 0 Å². The fourth-order valence-corrected chi connectivity index (χ4v) is 3.20. The molecule has 0 saturated heterocycles. The Morgan fingerprint density at radius 2 is 1.62 bits per heavy atom. The summed E-state index contributed by atoms with van der Waals surface area (Å²) in [5, 5.41) is 3.64. The first-order valence-electron chi connectivity index (χ1n) is 8.52. The van der Waals surface area contributed by atoms with Crippen LogP contribution in [0, 0.1) is 0 Å². The van der Waals surface area contributed by atoms with Crippen LogP contribution in [-0.2, 0) is 9.53 Å². The number of benzene rings is 2. The number of hydrogen-bond donors (Lipinski definition) is 1. The van der Waals surface area contributed by atoms with Crippen LogP contribution in [0.5, 0.6) is 17.2 Å². The molecule has 0 aliphatic carbocycles. The number of amides is 1. The molecule has 2 aromatic carbocycles. The van der Waals surface area contributed by atoms with Crippen molar-refractivity contribution in [2.75, 3.05) is 27.9 Å². The molecule has 0 heterocycles. The van der Waals surface area contributed by atoms with Crippen molar-refractivity contribution in [3.63, 3.8) is 0 Å². The third kappa shape index (κ3) is 5.68. The topological polar surface area (TPSA) is 83.1 Å². The van der Waals surface area contributed by atoms with Crippen LogP contribution in [0.3, 0.4) is 0 Å². The van der Waals surface area contributed by atoms with E-state index in [9.17, 15) is 9.59 Å². The van der Waals surface area contributed by atoms with Crippen molar-refractivity contribution in [1.29, 1.82) is 0 Å². The summed E-state index contributed by atoms with van der Waals surface area (Å²) in [6.07, 6.45) is 0. The predicted molar refractivity (Wildman–Crippen MR) is 109 cm³/mol. The van der Waals surface area contributed by atoms with Crippen LogP contribution in [0.4, 0.5) is 0 Å². The van der Waals surface area contributed by atoms with Gasteiger partial charge in [0.1, 0.15) is 0 Å². The normalized spacial score (nSPS) is 11.4. The number of carbonyl (C=O) groups excluding carboxylic acids is 2. The van der Waals surface area contributed by atoms with Gasteiger partial charge in [-0.1, -0.05) is 29.3 Å². The summed E-state index contributed by atoms with van der Waals surface area (Å²) in [5.74, 6) is -0.248. The predicted octanol–water partition coefficient (Wildman–Crippen LogP) is 4.05. The molecule has 29 heavy (non-hydrogen) atoms. The van der Waals surface area contributed by atoms with Crippen molar-refractivity contribution in [2.45, 2.75) is 13.0 Å². The van der Waals surface area contributed by atoms with Crippen molar-refractivity contribution < 1.29 is 28.5 Å². The van der Waals surface area contributed by atoms with Crippen molar-refractivity contribution in [3.8, 4) is 17.2 Å². The third-order valence-electron chi connectivity index (χ3n) is 4.04. The molecule has 0 aliphatic heterocycles. The van der Waals surface area contributed by atoms with Crippen LogP contribution in [0.25, 0.3) is 0 Å². The monoisotopic (exact) mass is 441 g/mol. The number of ether oxygens (including phenoxy) is 4. The third-order valence-corrected chi connectivity index (χ3v) is 4.60. The second-order valence-corrected chi connectivity index (χ2v) is 6.79. The minimum Gasteiger partial charge on any atom is -0.493 e. The first kappa shape index (κ1) is 22.6. The number of rotatable bonds is 8. The minimum atomic E-state index is -0.711. The molecule has 0 radical (unpaired) electrons. The largest absolute Gasteiger partial charge is 0.493 e. The molecule has 0 saturated carbocycles. The molecule has 7 nitrogen and oxygen atoms in total. The second kappa shape index (κ2) is 10.2. The summed E-state index contributed by atoms with van der Waals surface area (Å²) in [5.41, 5.74) is 0.849. The lowest BCUT2D eigenvalue weighted by Crippen LogP contribution is -2.31. The molecular formula is C20H21Cl2NO6. The van der Waals surface area contributed by atoms with E-state index in [2.05, 4.69) is 5.32 Å². The van der Waals surface area contributed by atoms with E-state index in [1.807, 2.05) is 0 Å². The summed E-state index contributed by atoms with van der Waals surface area (Å²) in [6.45, 7) is 1.29.